The van der Waals surface area contributed by atoms with E-state index in [0.29, 0.717) is 24.8 Å². The summed E-state index contributed by atoms with van der Waals surface area (Å²) in [5.74, 6) is -2.47. The SMILES string of the molecule is C=C(C)C(=O)OCC1COC2(O1)C1CC3CC(C(=O)O)(C1)CC2(O)C3. The van der Waals surface area contributed by atoms with Crippen LogP contribution in [0.3, 0.4) is 0 Å². The molecule has 1 spiro atoms. The van der Waals surface area contributed by atoms with Crippen molar-refractivity contribution in [3.63, 3.8) is 0 Å². The number of aliphatic hydroxyl groups is 1. The van der Waals surface area contributed by atoms with Crippen LogP contribution in [-0.2, 0) is 23.8 Å². The Labute approximate surface area is 145 Å². The van der Waals surface area contributed by atoms with Crippen molar-refractivity contribution in [1.29, 1.82) is 0 Å². The molecule has 7 heteroatoms. The van der Waals surface area contributed by atoms with Crippen LogP contribution in [0.2, 0.25) is 0 Å². The van der Waals surface area contributed by atoms with Crippen LogP contribution in [0.25, 0.3) is 0 Å². The van der Waals surface area contributed by atoms with Crippen molar-refractivity contribution in [3.8, 4) is 0 Å². The third-order valence-electron chi connectivity index (χ3n) is 6.41. The molecule has 0 radical (unpaired) electrons. The molecule has 138 valence electrons. The monoisotopic (exact) mass is 352 g/mol. The highest BCUT2D eigenvalue weighted by molar-refractivity contribution is 5.86. The van der Waals surface area contributed by atoms with Crippen LogP contribution in [0.15, 0.2) is 12.2 Å². The van der Waals surface area contributed by atoms with Gasteiger partial charge in [0.15, 0.2) is 0 Å². The molecular formula is C18H24O7. The first-order valence-electron chi connectivity index (χ1n) is 8.80. The summed E-state index contributed by atoms with van der Waals surface area (Å²) in [5, 5.41) is 21.0. The summed E-state index contributed by atoms with van der Waals surface area (Å²) in [6, 6.07) is 0. The standard InChI is InChI=1S/C18H24O7/c1-10(2)14(19)23-7-13-8-24-18(25-13)12-3-11-4-16(6-12,15(20)21)9-17(18,22)5-11/h11-13,22H,1,3-9H2,2H3,(H,20,21). The van der Waals surface area contributed by atoms with Crippen LogP contribution in [0, 0.1) is 17.3 Å². The van der Waals surface area contributed by atoms with Gasteiger partial charge in [-0.15, -0.1) is 0 Å². The molecule has 0 aromatic heterocycles. The highest BCUT2D eigenvalue weighted by Crippen LogP contribution is 2.67. The maximum absolute atomic E-state index is 11.8. The molecule has 6 unspecified atom stereocenters. The molecule has 25 heavy (non-hydrogen) atoms. The van der Waals surface area contributed by atoms with Crippen LogP contribution in [0.5, 0.6) is 0 Å². The maximum Gasteiger partial charge on any atom is 0.333 e. The topological polar surface area (TPSA) is 102 Å². The average Bonchev–Trinajstić information content (AvgIpc) is 2.95. The van der Waals surface area contributed by atoms with Crippen LogP contribution >= 0.6 is 0 Å². The zero-order valence-electron chi connectivity index (χ0n) is 14.3. The Balaban J connectivity index is 1.53. The Morgan fingerprint density at radius 3 is 2.72 bits per heavy atom. The minimum Gasteiger partial charge on any atom is -0.481 e. The van der Waals surface area contributed by atoms with Crippen LogP contribution < -0.4 is 0 Å². The molecule has 0 aromatic carbocycles. The van der Waals surface area contributed by atoms with E-state index in [4.69, 9.17) is 14.2 Å². The van der Waals surface area contributed by atoms with Gasteiger partial charge in [0.05, 0.1) is 12.0 Å². The molecule has 7 nitrogen and oxygen atoms in total. The second-order valence-electron chi connectivity index (χ2n) is 8.30. The minimum atomic E-state index is -1.30. The largest absolute Gasteiger partial charge is 0.481 e. The number of carboxylic acids is 1. The first-order valence-corrected chi connectivity index (χ1v) is 8.80. The van der Waals surface area contributed by atoms with E-state index in [9.17, 15) is 19.8 Å². The van der Waals surface area contributed by atoms with Gasteiger partial charge in [-0.3, -0.25) is 4.79 Å². The van der Waals surface area contributed by atoms with Gasteiger partial charge >= 0.3 is 11.9 Å². The molecule has 4 bridgehead atoms. The second kappa shape index (κ2) is 5.28. The minimum absolute atomic E-state index is 0.0315. The lowest BCUT2D eigenvalue weighted by atomic mass is 9.45. The smallest absolute Gasteiger partial charge is 0.333 e. The zero-order valence-corrected chi connectivity index (χ0v) is 14.3. The fourth-order valence-electron chi connectivity index (χ4n) is 5.64. The number of hydrogen-bond donors (Lipinski definition) is 2. The Bertz CT molecular complexity index is 645. The number of esters is 1. The van der Waals surface area contributed by atoms with Crippen molar-refractivity contribution in [1.82, 2.24) is 0 Å². The number of ether oxygens (including phenoxy) is 3. The summed E-state index contributed by atoms with van der Waals surface area (Å²) in [5.41, 5.74) is -1.86. The number of carboxylic acid groups (broad SMARTS) is 1. The molecule has 1 aliphatic heterocycles. The highest BCUT2D eigenvalue weighted by Gasteiger charge is 2.74. The molecule has 5 aliphatic rings. The molecule has 4 saturated carbocycles. The molecule has 0 aromatic rings. The molecular weight excluding hydrogens is 328 g/mol. The summed E-state index contributed by atoms with van der Waals surface area (Å²) >= 11 is 0. The van der Waals surface area contributed by atoms with E-state index in [-0.39, 0.29) is 31.5 Å². The highest BCUT2D eigenvalue weighted by atomic mass is 16.8. The van der Waals surface area contributed by atoms with Crippen molar-refractivity contribution < 1.29 is 34.0 Å². The fourth-order valence-corrected chi connectivity index (χ4v) is 5.64. The van der Waals surface area contributed by atoms with E-state index in [0.717, 1.165) is 6.42 Å². The lowest BCUT2D eigenvalue weighted by molar-refractivity contribution is -0.367. The van der Waals surface area contributed by atoms with E-state index >= 15 is 0 Å². The second-order valence-corrected chi connectivity index (χ2v) is 8.30. The normalized spacial score (nSPS) is 47.2. The number of aliphatic carboxylic acids is 1. The van der Waals surface area contributed by atoms with Gasteiger partial charge in [0.25, 0.3) is 0 Å². The number of carbonyl (C=O) groups is 2. The predicted molar refractivity (Wildman–Crippen MR) is 84.4 cm³/mol. The van der Waals surface area contributed by atoms with Crippen molar-refractivity contribution in [3.05, 3.63) is 12.2 Å². The maximum atomic E-state index is 11.8. The average molecular weight is 352 g/mol. The summed E-state index contributed by atoms with van der Waals surface area (Å²) in [7, 11) is 0. The fraction of sp³-hybridized carbons (Fsp3) is 0.778. The molecule has 0 amide bonds. The van der Waals surface area contributed by atoms with Crippen LogP contribution in [-0.4, -0.2) is 52.9 Å². The summed E-state index contributed by atoms with van der Waals surface area (Å²) in [6.07, 6.45) is 2.06. The van der Waals surface area contributed by atoms with E-state index in [1.165, 1.54) is 0 Å². The van der Waals surface area contributed by atoms with Gasteiger partial charge in [-0.05, 0) is 44.9 Å². The zero-order chi connectivity index (χ0) is 18.0. The summed E-state index contributed by atoms with van der Waals surface area (Å²) < 4.78 is 17.2. The van der Waals surface area contributed by atoms with Gasteiger partial charge in [-0.25, -0.2) is 4.79 Å². The Morgan fingerprint density at radius 2 is 2.08 bits per heavy atom. The molecule has 5 rings (SSSR count). The van der Waals surface area contributed by atoms with E-state index in [1.807, 2.05) is 0 Å². The molecule has 5 fully saturated rings. The number of rotatable bonds is 4. The van der Waals surface area contributed by atoms with E-state index in [1.54, 1.807) is 6.92 Å². The van der Waals surface area contributed by atoms with Crippen molar-refractivity contribution in [2.24, 2.45) is 17.3 Å². The third-order valence-corrected chi connectivity index (χ3v) is 6.41. The van der Waals surface area contributed by atoms with Gasteiger partial charge in [0.2, 0.25) is 5.79 Å². The van der Waals surface area contributed by atoms with Crippen LogP contribution in [0.4, 0.5) is 0 Å². The van der Waals surface area contributed by atoms with Crippen molar-refractivity contribution in [2.45, 2.75) is 56.5 Å². The first kappa shape index (κ1) is 17.0. The van der Waals surface area contributed by atoms with Crippen LogP contribution in [0.1, 0.15) is 39.0 Å². The van der Waals surface area contributed by atoms with Gasteiger partial charge in [0.1, 0.15) is 18.3 Å². The van der Waals surface area contributed by atoms with Crippen molar-refractivity contribution >= 4 is 11.9 Å². The van der Waals surface area contributed by atoms with Gasteiger partial charge in [-0.2, -0.15) is 0 Å². The van der Waals surface area contributed by atoms with Crippen molar-refractivity contribution in [2.75, 3.05) is 13.2 Å². The Hall–Kier alpha value is -1.44. The van der Waals surface area contributed by atoms with Gasteiger partial charge in [-0.1, -0.05) is 6.58 Å². The summed E-state index contributed by atoms with van der Waals surface area (Å²) in [4.78, 5) is 23.4. The van der Waals surface area contributed by atoms with E-state index in [2.05, 4.69) is 6.58 Å². The lowest BCUT2D eigenvalue weighted by Crippen LogP contribution is -2.73. The molecule has 1 saturated heterocycles. The van der Waals surface area contributed by atoms with E-state index < -0.39 is 34.8 Å². The molecule has 4 aliphatic carbocycles. The quantitative estimate of drug-likeness (QED) is 0.580. The Kier molecular flexibility index (Phi) is 3.59. The third kappa shape index (κ3) is 2.29. The lowest BCUT2D eigenvalue weighted by Gasteiger charge is -2.65. The molecule has 1 heterocycles. The summed E-state index contributed by atoms with van der Waals surface area (Å²) in [6.45, 7) is 5.35. The number of hydrogen-bond acceptors (Lipinski definition) is 6. The number of carbonyl (C=O) groups excluding carboxylic acids is 1. The molecule has 2 N–H and O–H groups in total. The predicted octanol–water partition coefficient (Wildman–Crippen LogP) is 1.24. The Morgan fingerprint density at radius 1 is 1.32 bits per heavy atom. The molecule has 6 atom stereocenters. The first-order chi connectivity index (χ1) is 11.7. The van der Waals surface area contributed by atoms with Gasteiger partial charge < -0.3 is 24.4 Å². The van der Waals surface area contributed by atoms with Gasteiger partial charge in [0, 0.05) is 11.5 Å².